The summed E-state index contributed by atoms with van der Waals surface area (Å²) in [6.45, 7) is 15.2. The lowest BCUT2D eigenvalue weighted by Gasteiger charge is -2.36. The van der Waals surface area contributed by atoms with Crippen LogP contribution in [0.1, 0.15) is 20.8 Å². The maximum Gasteiger partial charge on any atom is 0.334 e. The second-order valence-corrected chi connectivity index (χ2v) is 4.73. The lowest BCUT2D eigenvalue weighted by atomic mass is 10.2. The first-order valence-electron chi connectivity index (χ1n) is 6.36. The minimum atomic E-state index is -0.265. The Bertz CT molecular complexity index is 269. The van der Waals surface area contributed by atoms with Crippen molar-refractivity contribution < 1.29 is 9.53 Å². The van der Waals surface area contributed by atoms with Crippen LogP contribution in [0.2, 0.25) is 0 Å². The lowest BCUT2D eigenvalue weighted by molar-refractivity contribution is -0.138. The van der Waals surface area contributed by atoms with E-state index in [-0.39, 0.29) is 5.97 Å². The molecule has 0 saturated carbocycles. The van der Waals surface area contributed by atoms with E-state index in [2.05, 4.69) is 30.2 Å². The summed E-state index contributed by atoms with van der Waals surface area (Å²) < 4.78 is 4.93. The highest BCUT2D eigenvalue weighted by molar-refractivity contribution is 5.88. The van der Waals surface area contributed by atoms with Gasteiger partial charge in [-0.05, 0) is 20.8 Å². The highest BCUT2D eigenvalue weighted by Crippen LogP contribution is 2.08. The average molecular weight is 240 g/mol. The van der Waals surface area contributed by atoms with Gasteiger partial charge in [-0.25, -0.2) is 4.79 Å². The molecule has 0 unspecified atom stereocenters. The first-order chi connectivity index (χ1) is 8.04. The van der Waals surface area contributed by atoms with Gasteiger partial charge < -0.3 is 4.74 Å². The van der Waals surface area contributed by atoms with E-state index in [0.717, 1.165) is 26.2 Å². The maximum absolute atomic E-state index is 11.4. The first-order valence-corrected chi connectivity index (χ1v) is 6.36. The predicted octanol–water partition coefficient (Wildman–Crippen LogP) is 1.13. The summed E-state index contributed by atoms with van der Waals surface area (Å²) in [6.07, 6.45) is 0. The van der Waals surface area contributed by atoms with Crippen LogP contribution in [0.3, 0.4) is 0 Å². The zero-order chi connectivity index (χ0) is 12.8. The molecule has 1 aliphatic rings. The number of hydrogen-bond donors (Lipinski definition) is 0. The minimum Gasteiger partial charge on any atom is -0.463 e. The molecule has 1 fully saturated rings. The maximum atomic E-state index is 11.4. The highest BCUT2D eigenvalue weighted by Gasteiger charge is 2.20. The van der Waals surface area contributed by atoms with E-state index in [1.807, 2.05) is 6.92 Å². The van der Waals surface area contributed by atoms with Crippen molar-refractivity contribution in [1.29, 1.82) is 0 Å². The highest BCUT2D eigenvalue weighted by atomic mass is 16.5. The van der Waals surface area contributed by atoms with E-state index < -0.39 is 0 Å². The number of nitrogens with zero attached hydrogens (tertiary/aromatic N) is 2. The van der Waals surface area contributed by atoms with Gasteiger partial charge in [0.15, 0.2) is 0 Å². The van der Waals surface area contributed by atoms with Gasteiger partial charge in [0.2, 0.25) is 0 Å². The molecular weight excluding hydrogens is 216 g/mol. The number of piperazine rings is 1. The Balaban J connectivity index is 2.30. The number of esters is 1. The van der Waals surface area contributed by atoms with Gasteiger partial charge in [0.05, 0.1) is 6.61 Å². The molecule has 0 amide bonds. The second-order valence-electron chi connectivity index (χ2n) is 4.73. The molecule has 0 aliphatic carbocycles. The summed E-state index contributed by atoms with van der Waals surface area (Å²) in [4.78, 5) is 16.1. The number of ether oxygens (including phenoxy) is 1. The van der Waals surface area contributed by atoms with E-state index in [1.165, 1.54) is 0 Å². The summed E-state index contributed by atoms with van der Waals surface area (Å²) in [7, 11) is 0. The van der Waals surface area contributed by atoms with Crippen LogP contribution in [0.15, 0.2) is 12.2 Å². The molecular formula is C13H24N2O2. The smallest absolute Gasteiger partial charge is 0.334 e. The first kappa shape index (κ1) is 14.2. The van der Waals surface area contributed by atoms with Gasteiger partial charge in [0.1, 0.15) is 0 Å². The third kappa shape index (κ3) is 4.48. The molecule has 0 spiro atoms. The monoisotopic (exact) mass is 240 g/mol. The van der Waals surface area contributed by atoms with E-state index in [1.54, 1.807) is 0 Å². The van der Waals surface area contributed by atoms with Crippen molar-refractivity contribution in [3.8, 4) is 0 Å². The topological polar surface area (TPSA) is 32.8 Å². The molecule has 1 aliphatic heterocycles. The van der Waals surface area contributed by atoms with Gasteiger partial charge in [0, 0.05) is 44.3 Å². The number of carbonyl (C=O) groups excluding carboxylic acids is 1. The van der Waals surface area contributed by atoms with E-state index >= 15 is 0 Å². The number of hydrogen-bond acceptors (Lipinski definition) is 4. The van der Waals surface area contributed by atoms with Gasteiger partial charge in [-0.3, -0.25) is 9.80 Å². The van der Waals surface area contributed by atoms with E-state index in [4.69, 9.17) is 4.74 Å². The van der Waals surface area contributed by atoms with Crippen molar-refractivity contribution in [3.05, 3.63) is 12.2 Å². The second kappa shape index (κ2) is 6.77. The van der Waals surface area contributed by atoms with E-state index in [0.29, 0.717) is 24.8 Å². The van der Waals surface area contributed by atoms with Gasteiger partial charge >= 0.3 is 5.97 Å². The largest absolute Gasteiger partial charge is 0.463 e. The molecule has 0 radical (unpaired) electrons. The Morgan fingerprint density at radius 2 is 1.88 bits per heavy atom. The van der Waals surface area contributed by atoms with Crippen LogP contribution in [0, 0.1) is 0 Å². The normalized spacial score (nSPS) is 18.4. The molecule has 0 aromatic carbocycles. The Morgan fingerprint density at radius 3 is 2.35 bits per heavy atom. The van der Waals surface area contributed by atoms with Crippen molar-refractivity contribution in [1.82, 2.24) is 9.80 Å². The molecule has 1 rings (SSSR count). The number of carbonyl (C=O) groups is 1. The molecule has 17 heavy (non-hydrogen) atoms. The quantitative estimate of drug-likeness (QED) is 0.533. The zero-order valence-electron chi connectivity index (χ0n) is 11.2. The molecule has 0 atom stereocenters. The van der Waals surface area contributed by atoms with Crippen molar-refractivity contribution >= 4 is 5.97 Å². The van der Waals surface area contributed by atoms with Crippen LogP contribution in [0.5, 0.6) is 0 Å². The Hall–Kier alpha value is -0.870. The molecule has 98 valence electrons. The summed E-state index contributed by atoms with van der Waals surface area (Å²) in [5.41, 5.74) is 0.560. The van der Waals surface area contributed by atoms with Crippen molar-refractivity contribution in [2.75, 3.05) is 39.3 Å². The molecule has 1 saturated heterocycles. The zero-order valence-corrected chi connectivity index (χ0v) is 11.2. The fourth-order valence-electron chi connectivity index (χ4n) is 2.01. The summed E-state index contributed by atoms with van der Waals surface area (Å²) in [5, 5.41) is 0. The fourth-order valence-corrected chi connectivity index (χ4v) is 2.01. The summed E-state index contributed by atoms with van der Waals surface area (Å²) in [6, 6.07) is 0.602. The minimum absolute atomic E-state index is 0.265. The summed E-state index contributed by atoms with van der Waals surface area (Å²) in [5.74, 6) is -0.265. The average Bonchev–Trinajstić information content (AvgIpc) is 2.30. The van der Waals surface area contributed by atoms with Crippen LogP contribution in [-0.2, 0) is 9.53 Å². The van der Waals surface area contributed by atoms with Crippen LogP contribution >= 0.6 is 0 Å². The van der Waals surface area contributed by atoms with Gasteiger partial charge in [0.25, 0.3) is 0 Å². The van der Waals surface area contributed by atoms with E-state index in [9.17, 15) is 4.79 Å². The van der Waals surface area contributed by atoms with Gasteiger partial charge in [-0.15, -0.1) is 0 Å². The SMILES string of the molecule is C=C(CN1CCN(C(C)C)CC1)C(=O)OCC. The molecule has 1 heterocycles. The molecule has 4 heteroatoms. The number of rotatable bonds is 5. The molecule has 0 N–H and O–H groups in total. The Morgan fingerprint density at radius 1 is 1.29 bits per heavy atom. The van der Waals surface area contributed by atoms with Crippen LogP contribution in [-0.4, -0.2) is 61.1 Å². The van der Waals surface area contributed by atoms with Gasteiger partial charge in [-0.2, -0.15) is 0 Å². The van der Waals surface area contributed by atoms with Crippen LogP contribution in [0.25, 0.3) is 0 Å². The van der Waals surface area contributed by atoms with Crippen LogP contribution in [0.4, 0.5) is 0 Å². The molecule has 0 aromatic heterocycles. The Kier molecular flexibility index (Phi) is 5.65. The molecule has 0 aromatic rings. The fraction of sp³-hybridized carbons (Fsp3) is 0.769. The van der Waals surface area contributed by atoms with Crippen molar-refractivity contribution in [2.24, 2.45) is 0 Å². The van der Waals surface area contributed by atoms with Crippen molar-refractivity contribution in [3.63, 3.8) is 0 Å². The summed E-state index contributed by atoms with van der Waals surface area (Å²) >= 11 is 0. The molecule has 4 nitrogen and oxygen atoms in total. The third-order valence-electron chi connectivity index (χ3n) is 3.12. The predicted molar refractivity (Wildman–Crippen MR) is 68.9 cm³/mol. The Labute approximate surface area is 104 Å². The lowest BCUT2D eigenvalue weighted by Crippen LogP contribution is -2.49. The van der Waals surface area contributed by atoms with Gasteiger partial charge in [-0.1, -0.05) is 6.58 Å². The van der Waals surface area contributed by atoms with Crippen LogP contribution < -0.4 is 0 Å². The third-order valence-corrected chi connectivity index (χ3v) is 3.12. The molecule has 0 bridgehead atoms. The van der Waals surface area contributed by atoms with Crippen molar-refractivity contribution in [2.45, 2.75) is 26.8 Å². The standard InChI is InChI=1S/C13H24N2O2/c1-5-17-13(16)12(4)10-14-6-8-15(9-7-14)11(2)3/h11H,4-10H2,1-3H3.